The minimum atomic E-state index is -3.20. The highest BCUT2D eigenvalue weighted by Gasteiger charge is 2.35. The monoisotopic (exact) mass is 574 g/mol. The number of sulfonamides is 1. The van der Waals surface area contributed by atoms with Crippen molar-refractivity contribution in [3.63, 3.8) is 0 Å². The van der Waals surface area contributed by atoms with Gasteiger partial charge in [0.15, 0.2) is 33.6 Å². The average molecular weight is 574 g/mol. The number of nitrogen functional groups attached to an aromatic ring is 1. The molecule has 0 atom stereocenters. The number of hydrogen-bond acceptors (Lipinski definition) is 9. The van der Waals surface area contributed by atoms with E-state index in [2.05, 4.69) is 42.3 Å². The van der Waals surface area contributed by atoms with Crippen molar-refractivity contribution >= 4 is 61.4 Å². The van der Waals surface area contributed by atoms with Crippen molar-refractivity contribution in [1.29, 1.82) is 0 Å². The van der Waals surface area contributed by atoms with Crippen LogP contribution < -0.4 is 19.9 Å². The van der Waals surface area contributed by atoms with Crippen LogP contribution >= 0.6 is 34.4 Å². The Balaban J connectivity index is 1.40. The van der Waals surface area contributed by atoms with E-state index >= 15 is 0 Å². The van der Waals surface area contributed by atoms with Crippen LogP contribution in [-0.2, 0) is 16.6 Å². The molecule has 1 fully saturated rings. The van der Waals surface area contributed by atoms with Crippen LogP contribution in [0.3, 0.4) is 0 Å². The van der Waals surface area contributed by atoms with Gasteiger partial charge >= 0.3 is 0 Å². The summed E-state index contributed by atoms with van der Waals surface area (Å²) in [5, 5.41) is 0.470. The molecule has 1 aliphatic heterocycles. The number of aromatic nitrogens is 4. The molecule has 0 unspecified atom stereocenters. The Morgan fingerprint density at radius 3 is 2.81 bits per heavy atom. The minimum absolute atomic E-state index is 0.209. The van der Waals surface area contributed by atoms with Crippen molar-refractivity contribution in [1.82, 2.24) is 24.2 Å². The molecule has 3 aromatic rings. The summed E-state index contributed by atoms with van der Waals surface area (Å²) in [6, 6.07) is 3.86. The van der Waals surface area contributed by atoms with Crippen LogP contribution in [0.2, 0.25) is 0 Å². The first kappa shape index (κ1) is 21.0. The first-order valence-corrected chi connectivity index (χ1v) is 13.1. The van der Waals surface area contributed by atoms with Gasteiger partial charge in [-0.25, -0.2) is 28.1 Å². The second kappa shape index (κ2) is 8.26. The number of ether oxygens (including phenoxy) is 2. The second-order valence-electron chi connectivity index (χ2n) is 7.21. The van der Waals surface area contributed by atoms with Crippen LogP contribution in [-0.4, -0.2) is 46.5 Å². The van der Waals surface area contributed by atoms with Crippen LogP contribution in [0.25, 0.3) is 11.2 Å². The lowest BCUT2D eigenvalue weighted by Gasteiger charge is -2.10. The number of halogens is 1. The Morgan fingerprint density at radius 1 is 1.26 bits per heavy atom. The number of benzene rings is 1. The number of imidazole rings is 1. The summed E-state index contributed by atoms with van der Waals surface area (Å²) in [7, 11) is -3.20. The number of nitrogens with two attached hydrogens (primary N) is 1. The molecule has 13 heteroatoms. The molecular weight excluding hydrogens is 555 g/mol. The van der Waals surface area contributed by atoms with Crippen LogP contribution in [0.1, 0.15) is 19.3 Å². The Kier molecular flexibility index (Phi) is 5.60. The lowest BCUT2D eigenvalue weighted by atomic mass is 10.3. The van der Waals surface area contributed by atoms with Gasteiger partial charge in [-0.2, -0.15) is 0 Å². The fourth-order valence-corrected chi connectivity index (χ4v) is 6.37. The standard InChI is InChI=1S/C18H19IN6O4S2/c19-11-6-12-13(29-9-28-12)7-14(11)30-18-24-15-16(20)21-8-22-17(15)25(18)5-1-4-23-31(26,27)10-2-3-10/h6-8,10,23H,1-5,9H2,(H2,20,21,22). The Hall–Kier alpha value is -1.84. The number of fused-ring (bicyclic) bond motifs is 2. The van der Waals surface area contributed by atoms with Gasteiger partial charge < -0.3 is 19.8 Å². The number of rotatable bonds is 8. The third-order valence-electron chi connectivity index (χ3n) is 4.98. The number of anilines is 1. The zero-order valence-electron chi connectivity index (χ0n) is 16.2. The van der Waals surface area contributed by atoms with E-state index < -0.39 is 10.0 Å². The van der Waals surface area contributed by atoms with Gasteiger partial charge in [-0.1, -0.05) is 11.8 Å². The maximum Gasteiger partial charge on any atom is 0.231 e. The average Bonchev–Trinajstić information content (AvgIpc) is 3.42. The largest absolute Gasteiger partial charge is 0.454 e. The van der Waals surface area contributed by atoms with Gasteiger partial charge in [0.1, 0.15) is 6.33 Å². The molecule has 1 aliphatic carbocycles. The molecule has 0 amide bonds. The third-order valence-corrected chi connectivity index (χ3v) is 9.24. The molecule has 0 spiro atoms. The van der Waals surface area contributed by atoms with Gasteiger partial charge in [0.2, 0.25) is 16.8 Å². The zero-order chi connectivity index (χ0) is 21.6. The van der Waals surface area contributed by atoms with E-state index in [1.807, 2.05) is 16.7 Å². The first-order chi connectivity index (χ1) is 14.9. The van der Waals surface area contributed by atoms with Crippen molar-refractivity contribution < 1.29 is 17.9 Å². The van der Waals surface area contributed by atoms with Crippen LogP contribution in [0, 0.1) is 3.57 Å². The lowest BCUT2D eigenvalue weighted by Crippen LogP contribution is -2.28. The summed E-state index contributed by atoms with van der Waals surface area (Å²) < 4.78 is 40.7. The summed E-state index contributed by atoms with van der Waals surface area (Å²) in [5.74, 6) is 1.72. The molecule has 3 heterocycles. The van der Waals surface area contributed by atoms with E-state index in [9.17, 15) is 8.42 Å². The SMILES string of the molecule is Nc1ncnc2c1nc(Sc1cc3c(cc1I)OCO3)n2CCCNS(=O)(=O)C1CC1. The number of nitrogens with one attached hydrogen (secondary N) is 1. The first-order valence-electron chi connectivity index (χ1n) is 9.64. The molecule has 0 radical (unpaired) electrons. The van der Waals surface area contributed by atoms with Gasteiger partial charge in [-0.3, -0.25) is 0 Å². The number of aryl methyl sites for hydroxylation is 1. The molecule has 1 saturated carbocycles. The normalized spacial score (nSPS) is 15.6. The Bertz CT molecular complexity index is 1260. The third kappa shape index (κ3) is 4.27. The highest BCUT2D eigenvalue weighted by Crippen LogP contribution is 2.41. The summed E-state index contributed by atoms with van der Waals surface area (Å²) in [6.45, 7) is 1.09. The summed E-state index contributed by atoms with van der Waals surface area (Å²) in [5.41, 5.74) is 7.17. The topological polar surface area (TPSA) is 134 Å². The molecule has 31 heavy (non-hydrogen) atoms. The summed E-state index contributed by atoms with van der Waals surface area (Å²) in [6.07, 6.45) is 3.48. The van der Waals surface area contributed by atoms with E-state index in [0.29, 0.717) is 47.4 Å². The van der Waals surface area contributed by atoms with Crippen LogP contribution in [0.5, 0.6) is 11.5 Å². The van der Waals surface area contributed by atoms with E-state index in [0.717, 1.165) is 27.1 Å². The van der Waals surface area contributed by atoms with Crippen LogP contribution in [0.15, 0.2) is 28.5 Å². The molecule has 2 aliphatic rings. The highest BCUT2D eigenvalue weighted by molar-refractivity contribution is 14.1. The van der Waals surface area contributed by atoms with Gasteiger partial charge in [0.25, 0.3) is 0 Å². The molecule has 0 saturated heterocycles. The zero-order valence-corrected chi connectivity index (χ0v) is 20.0. The molecule has 2 aromatic heterocycles. The van der Waals surface area contributed by atoms with Crippen molar-refractivity contribution in [2.75, 3.05) is 19.1 Å². The maximum absolute atomic E-state index is 12.1. The molecule has 1 aromatic carbocycles. The molecule has 0 bridgehead atoms. The second-order valence-corrected chi connectivity index (χ2v) is 11.4. The van der Waals surface area contributed by atoms with Gasteiger partial charge in [-0.05, 0) is 54.0 Å². The van der Waals surface area contributed by atoms with Crippen molar-refractivity contribution in [2.24, 2.45) is 0 Å². The van der Waals surface area contributed by atoms with Crippen molar-refractivity contribution in [2.45, 2.75) is 41.1 Å². The van der Waals surface area contributed by atoms with Gasteiger partial charge in [0, 0.05) is 21.6 Å². The lowest BCUT2D eigenvalue weighted by molar-refractivity contribution is 0.174. The Morgan fingerprint density at radius 2 is 2.03 bits per heavy atom. The summed E-state index contributed by atoms with van der Waals surface area (Å²) in [4.78, 5) is 14.0. The summed E-state index contributed by atoms with van der Waals surface area (Å²) >= 11 is 3.72. The smallest absolute Gasteiger partial charge is 0.231 e. The van der Waals surface area contributed by atoms with E-state index in [4.69, 9.17) is 15.2 Å². The van der Waals surface area contributed by atoms with Gasteiger partial charge in [-0.15, -0.1) is 0 Å². The minimum Gasteiger partial charge on any atom is -0.454 e. The molecule has 10 nitrogen and oxygen atoms in total. The number of hydrogen-bond donors (Lipinski definition) is 2. The van der Waals surface area contributed by atoms with E-state index in [1.165, 1.54) is 18.1 Å². The van der Waals surface area contributed by atoms with E-state index in [-0.39, 0.29) is 12.0 Å². The molecule has 164 valence electrons. The Labute approximate surface area is 196 Å². The molecule has 5 rings (SSSR count). The fraction of sp³-hybridized carbons (Fsp3) is 0.389. The van der Waals surface area contributed by atoms with Crippen molar-refractivity contribution in [3.8, 4) is 11.5 Å². The highest BCUT2D eigenvalue weighted by atomic mass is 127. The molecular formula is C18H19IN6O4S2. The number of nitrogens with zero attached hydrogens (tertiary/aromatic N) is 4. The fourth-order valence-electron chi connectivity index (χ4n) is 3.24. The predicted octanol–water partition coefficient (Wildman–Crippen LogP) is 2.36. The predicted molar refractivity (Wildman–Crippen MR) is 124 cm³/mol. The quantitative estimate of drug-likeness (QED) is 0.307. The maximum atomic E-state index is 12.1. The van der Waals surface area contributed by atoms with E-state index in [1.54, 1.807) is 0 Å². The van der Waals surface area contributed by atoms with Gasteiger partial charge in [0.05, 0.1) is 5.25 Å². The molecule has 3 N–H and O–H groups in total. The van der Waals surface area contributed by atoms with Crippen molar-refractivity contribution in [3.05, 3.63) is 22.0 Å². The van der Waals surface area contributed by atoms with Crippen LogP contribution in [0.4, 0.5) is 5.82 Å².